The van der Waals surface area contributed by atoms with Crippen molar-refractivity contribution in [3.63, 3.8) is 0 Å². The summed E-state index contributed by atoms with van der Waals surface area (Å²) in [5.74, 6) is -0.141. The zero-order valence-electron chi connectivity index (χ0n) is 46.1. The summed E-state index contributed by atoms with van der Waals surface area (Å²) in [5, 5.41) is 16.9. The lowest BCUT2D eigenvalue weighted by Crippen LogP contribution is -2.70. The SMILES string of the molecule is C=C(Cc1ccc2cc3ccccc3cc2c1)CC1CC(O)C2(C)OC3CC4OC5CC6(C)OC7(C)CCC8OC9CC%10(C)OC%11C(C)=CC(=O)OC%11CC%10OC9CC(C)C8OC7CC6OC5(C)C/C=C\C4OC3CC2O1. The first-order chi connectivity index (χ1) is 36.8. The van der Waals surface area contributed by atoms with E-state index < -0.39 is 34.1 Å². The second kappa shape index (κ2) is 18.7. The number of carbonyl (C=O) groups is 1. The predicted octanol–water partition coefficient (Wildman–Crippen LogP) is 9.82. The Labute approximate surface area is 453 Å². The largest absolute Gasteiger partial charge is 0.456 e. The monoisotopic (exact) mass is 1060 g/mol. The summed E-state index contributed by atoms with van der Waals surface area (Å²) in [6.07, 6.45) is 10.5. The molecule has 1 N–H and O–H groups in total. The highest BCUT2D eigenvalue weighted by atomic mass is 16.7. The zero-order valence-corrected chi connectivity index (χ0v) is 46.1. The Bertz CT molecular complexity index is 2880. The molecule has 9 saturated heterocycles. The minimum atomic E-state index is -0.884. The minimum Gasteiger partial charge on any atom is -0.456 e. The predicted molar refractivity (Wildman–Crippen MR) is 287 cm³/mol. The Balaban J connectivity index is 0.624. The number of hydrogen-bond donors (Lipinski definition) is 1. The van der Waals surface area contributed by atoms with Crippen molar-refractivity contribution >= 4 is 27.5 Å². The van der Waals surface area contributed by atoms with Gasteiger partial charge in [0.25, 0.3) is 0 Å². The number of carbonyl (C=O) groups excluding carboxylic acids is 1. The van der Waals surface area contributed by atoms with Crippen LogP contribution in [0.3, 0.4) is 0 Å². The highest BCUT2D eigenvalue weighted by Gasteiger charge is 2.64. The first-order valence-corrected chi connectivity index (χ1v) is 29.3. The van der Waals surface area contributed by atoms with Crippen LogP contribution in [0, 0.1) is 5.92 Å². The normalized spacial score (nSPS) is 49.5. The van der Waals surface area contributed by atoms with Gasteiger partial charge in [-0.1, -0.05) is 73.7 Å². The summed E-state index contributed by atoms with van der Waals surface area (Å²) in [4.78, 5) is 12.3. The molecule has 11 aliphatic heterocycles. The first-order valence-electron chi connectivity index (χ1n) is 29.3. The van der Waals surface area contributed by atoms with E-state index in [4.69, 9.17) is 52.1 Å². The van der Waals surface area contributed by atoms with Gasteiger partial charge >= 0.3 is 5.97 Å². The summed E-state index contributed by atoms with van der Waals surface area (Å²) in [5.41, 5.74) is -0.0736. The molecule has 0 aliphatic carbocycles. The van der Waals surface area contributed by atoms with Crippen LogP contribution in [-0.4, -0.2) is 143 Å². The molecule has 23 unspecified atom stereocenters. The van der Waals surface area contributed by atoms with E-state index in [1.165, 1.54) is 27.1 Å². The molecule has 3 aromatic carbocycles. The number of ether oxygens (including phenoxy) is 11. The van der Waals surface area contributed by atoms with Gasteiger partial charge in [-0.2, -0.15) is 0 Å². The van der Waals surface area contributed by atoms with Crippen LogP contribution >= 0.6 is 0 Å². The fourth-order valence-corrected chi connectivity index (χ4v) is 16.4. The van der Waals surface area contributed by atoms with Gasteiger partial charge in [0.15, 0.2) is 0 Å². The van der Waals surface area contributed by atoms with Crippen molar-refractivity contribution in [3.8, 4) is 0 Å². The van der Waals surface area contributed by atoms with E-state index in [-0.39, 0.29) is 110 Å². The first kappa shape index (κ1) is 51.6. The lowest BCUT2D eigenvalue weighted by Gasteiger charge is -2.60. The van der Waals surface area contributed by atoms with Gasteiger partial charge in [-0.3, -0.25) is 0 Å². The fraction of sp³-hybridized carbons (Fsp3) is 0.672. The molecule has 414 valence electrons. The van der Waals surface area contributed by atoms with Gasteiger partial charge in [0.1, 0.15) is 23.9 Å². The van der Waals surface area contributed by atoms with E-state index in [2.05, 4.69) is 108 Å². The van der Waals surface area contributed by atoms with E-state index in [1.807, 2.05) is 13.8 Å². The number of aliphatic hydroxyl groups excluding tert-OH is 1. The van der Waals surface area contributed by atoms with E-state index in [0.717, 1.165) is 36.8 Å². The van der Waals surface area contributed by atoms with Crippen LogP contribution in [0.15, 0.2) is 90.6 Å². The summed E-state index contributed by atoms with van der Waals surface area (Å²) >= 11 is 0. The average molecular weight is 1060 g/mol. The Morgan fingerprint density at radius 2 is 1.40 bits per heavy atom. The molecule has 23 atom stereocenters. The summed E-state index contributed by atoms with van der Waals surface area (Å²) in [7, 11) is 0. The van der Waals surface area contributed by atoms with E-state index in [9.17, 15) is 9.90 Å². The third-order valence-corrected chi connectivity index (χ3v) is 20.9. The molecule has 13 nitrogen and oxygen atoms in total. The molecule has 11 heterocycles. The van der Waals surface area contributed by atoms with Crippen LogP contribution in [-0.2, 0) is 63.3 Å². The molecule has 13 heteroatoms. The molecule has 0 radical (unpaired) electrons. The van der Waals surface area contributed by atoms with Gasteiger partial charge in [-0.15, -0.1) is 0 Å². The van der Waals surface area contributed by atoms with Gasteiger partial charge in [-0.25, -0.2) is 4.79 Å². The molecular weight excluding hydrogens is 977 g/mol. The summed E-state index contributed by atoms with van der Waals surface area (Å²) in [6.45, 7) is 19.5. The molecule has 11 aliphatic rings. The van der Waals surface area contributed by atoms with Crippen LogP contribution < -0.4 is 0 Å². The lowest BCUT2D eigenvalue weighted by molar-refractivity contribution is -0.356. The zero-order chi connectivity index (χ0) is 53.0. The highest BCUT2D eigenvalue weighted by molar-refractivity contribution is 5.98. The maximum Gasteiger partial charge on any atom is 0.331 e. The van der Waals surface area contributed by atoms with Crippen LogP contribution in [0.4, 0.5) is 0 Å². The third kappa shape index (κ3) is 8.94. The average Bonchev–Trinajstić information content (AvgIpc) is 3.83. The molecule has 14 rings (SSSR count). The number of aliphatic hydroxyl groups is 1. The molecule has 0 saturated carbocycles. The van der Waals surface area contributed by atoms with Crippen LogP contribution in [0.5, 0.6) is 0 Å². The molecule has 0 bridgehead atoms. The van der Waals surface area contributed by atoms with E-state index in [1.54, 1.807) is 6.08 Å². The van der Waals surface area contributed by atoms with Crippen LogP contribution in [0.2, 0.25) is 0 Å². The number of rotatable bonds is 4. The van der Waals surface area contributed by atoms with Crippen molar-refractivity contribution in [3.05, 3.63) is 96.1 Å². The van der Waals surface area contributed by atoms with Crippen molar-refractivity contribution in [2.75, 3.05) is 0 Å². The van der Waals surface area contributed by atoms with Gasteiger partial charge in [0.2, 0.25) is 0 Å². The van der Waals surface area contributed by atoms with Gasteiger partial charge < -0.3 is 57.2 Å². The van der Waals surface area contributed by atoms with E-state index >= 15 is 0 Å². The second-order valence-electron chi connectivity index (χ2n) is 26.7. The van der Waals surface area contributed by atoms with E-state index in [0.29, 0.717) is 57.8 Å². The number of hydrogen-bond acceptors (Lipinski definition) is 13. The molecule has 3 aromatic rings. The quantitative estimate of drug-likeness (QED) is 0.151. The van der Waals surface area contributed by atoms with Gasteiger partial charge in [-0.05, 0) is 131 Å². The maximum absolute atomic E-state index is 12.3. The standard InChI is InChI=1S/C64H80O13/c1-34(20-37-15-16-40-25-38-12-9-10-13-39(38)26-41(40)24-37)21-42-27-51(65)64(8)55(67-42)29-47-48(74-64)28-46-43(68-47)14-11-18-60(4)56(71-46)33-63(7)54(75-60)31-53-61(5,77-63)19-17-44-58(73-53)35(2)22-45-50(69-44)32-62(6)52(70-45)30-49-59(76-62)36(3)23-57(66)72-49/h9-16,23-26,35,42-56,58-59,65H,1,17-22,27-33H2,2-8H3/b14-11-. The van der Waals surface area contributed by atoms with Crippen molar-refractivity contribution in [1.29, 1.82) is 0 Å². The third-order valence-electron chi connectivity index (χ3n) is 20.9. The number of benzene rings is 3. The Hall–Kier alpha value is -3.57. The summed E-state index contributed by atoms with van der Waals surface area (Å²) < 4.78 is 76.9. The number of fused-ring (bicyclic) bond motifs is 12. The minimum absolute atomic E-state index is 0.116. The molecule has 0 spiro atoms. The maximum atomic E-state index is 12.3. The van der Waals surface area contributed by atoms with Crippen molar-refractivity contribution in [1.82, 2.24) is 0 Å². The van der Waals surface area contributed by atoms with Crippen molar-refractivity contribution in [2.24, 2.45) is 5.92 Å². The van der Waals surface area contributed by atoms with Crippen LogP contribution in [0.25, 0.3) is 21.5 Å². The lowest BCUT2D eigenvalue weighted by atomic mass is 9.72. The summed E-state index contributed by atoms with van der Waals surface area (Å²) in [6, 6.07) is 19.7. The topological polar surface area (TPSA) is 139 Å². The van der Waals surface area contributed by atoms with Crippen molar-refractivity contribution in [2.45, 2.75) is 264 Å². The second-order valence-corrected chi connectivity index (χ2v) is 26.7. The molecule has 0 amide bonds. The molecular formula is C64H80O13. The van der Waals surface area contributed by atoms with Gasteiger partial charge in [0.05, 0.1) is 108 Å². The molecule has 77 heavy (non-hydrogen) atoms. The Morgan fingerprint density at radius 1 is 0.649 bits per heavy atom. The smallest absolute Gasteiger partial charge is 0.331 e. The van der Waals surface area contributed by atoms with Gasteiger partial charge in [0, 0.05) is 51.0 Å². The van der Waals surface area contributed by atoms with Crippen molar-refractivity contribution < 1.29 is 62.0 Å². The number of esters is 1. The Morgan fingerprint density at radius 3 is 2.23 bits per heavy atom. The molecule has 9 fully saturated rings. The highest BCUT2D eigenvalue weighted by Crippen LogP contribution is 2.55. The molecule has 0 aromatic heterocycles. The van der Waals surface area contributed by atoms with Crippen LogP contribution in [0.1, 0.15) is 131 Å². The Kier molecular flexibility index (Phi) is 12.6. The fourth-order valence-electron chi connectivity index (χ4n) is 16.4.